The Morgan fingerprint density at radius 2 is 2.00 bits per heavy atom. The van der Waals surface area contributed by atoms with Crippen LogP contribution in [0.1, 0.15) is 50.1 Å². The van der Waals surface area contributed by atoms with E-state index in [1.807, 2.05) is 0 Å². The minimum atomic E-state index is 0.387. The highest BCUT2D eigenvalue weighted by atomic mass is 79.9. The quantitative estimate of drug-likeness (QED) is 0.900. The molecule has 1 aromatic rings. The van der Waals surface area contributed by atoms with Crippen LogP contribution in [0.3, 0.4) is 0 Å². The summed E-state index contributed by atoms with van der Waals surface area (Å²) in [6.07, 6.45) is 8.39. The lowest BCUT2D eigenvalue weighted by Gasteiger charge is -2.47. The van der Waals surface area contributed by atoms with Gasteiger partial charge in [0, 0.05) is 23.1 Å². The van der Waals surface area contributed by atoms with E-state index >= 15 is 0 Å². The van der Waals surface area contributed by atoms with Crippen LogP contribution in [0.4, 0.5) is 0 Å². The van der Waals surface area contributed by atoms with Gasteiger partial charge in [-0.1, -0.05) is 40.9 Å². The number of fused-ring (bicyclic) bond motifs is 1. The fourth-order valence-electron chi connectivity index (χ4n) is 4.23. The normalized spacial score (nSPS) is 28.9. The first-order chi connectivity index (χ1) is 9.79. The molecule has 0 aromatic heterocycles. The summed E-state index contributed by atoms with van der Waals surface area (Å²) in [5.41, 5.74) is 7.52. The summed E-state index contributed by atoms with van der Waals surface area (Å²) in [5, 5.41) is 0. The highest BCUT2D eigenvalue weighted by Gasteiger charge is 2.36. The molecule has 0 bridgehead atoms. The number of piperidine rings is 1. The highest BCUT2D eigenvalue weighted by molar-refractivity contribution is 9.10. The summed E-state index contributed by atoms with van der Waals surface area (Å²) in [6.45, 7) is 1.94. The lowest BCUT2D eigenvalue weighted by molar-refractivity contribution is 0.0276. The maximum atomic E-state index is 6.15. The zero-order chi connectivity index (χ0) is 13.9. The first-order valence-corrected chi connectivity index (χ1v) is 8.80. The Labute approximate surface area is 130 Å². The summed E-state index contributed by atoms with van der Waals surface area (Å²) in [6, 6.07) is 9.85. The number of hydrogen-bond donors (Lipinski definition) is 1. The predicted molar refractivity (Wildman–Crippen MR) is 87.6 cm³/mol. The van der Waals surface area contributed by atoms with Crippen LogP contribution in [0.15, 0.2) is 28.7 Å². The lowest BCUT2D eigenvalue weighted by Crippen LogP contribution is -2.49. The fourth-order valence-corrected chi connectivity index (χ4v) is 4.64. The Morgan fingerprint density at radius 1 is 1.20 bits per heavy atom. The van der Waals surface area contributed by atoms with Crippen LogP contribution in [-0.2, 0) is 0 Å². The zero-order valence-electron chi connectivity index (χ0n) is 12.1. The summed E-state index contributed by atoms with van der Waals surface area (Å²) < 4.78 is 1.16. The monoisotopic (exact) mass is 336 g/mol. The minimum absolute atomic E-state index is 0.387. The highest BCUT2D eigenvalue weighted by Crippen LogP contribution is 2.39. The van der Waals surface area contributed by atoms with Crippen LogP contribution in [0, 0.1) is 5.92 Å². The molecule has 1 unspecified atom stereocenters. The van der Waals surface area contributed by atoms with Crippen molar-refractivity contribution in [2.45, 2.75) is 50.6 Å². The second kappa shape index (κ2) is 6.59. The maximum Gasteiger partial charge on any atom is 0.0473 e. The molecule has 1 saturated heterocycles. The molecule has 0 radical (unpaired) electrons. The molecule has 1 saturated carbocycles. The van der Waals surface area contributed by atoms with Crippen molar-refractivity contribution < 1.29 is 0 Å². The Balaban J connectivity index is 1.84. The summed E-state index contributed by atoms with van der Waals surface area (Å²) in [5.74, 6) is 0.915. The molecule has 3 heteroatoms. The molecule has 1 aliphatic carbocycles. The van der Waals surface area contributed by atoms with E-state index in [9.17, 15) is 0 Å². The van der Waals surface area contributed by atoms with Crippen molar-refractivity contribution in [2.24, 2.45) is 11.7 Å². The maximum absolute atomic E-state index is 6.15. The third-order valence-electron chi connectivity index (χ3n) is 5.14. The largest absolute Gasteiger partial charge is 0.329 e. The Morgan fingerprint density at radius 3 is 2.80 bits per heavy atom. The van der Waals surface area contributed by atoms with Crippen molar-refractivity contribution >= 4 is 15.9 Å². The molecule has 20 heavy (non-hydrogen) atoms. The van der Waals surface area contributed by atoms with Gasteiger partial charge >= 0.3 is 0 Å². The van der Waals surface area contributed by atoms with Gasteiger partial charge in [-0.25, -0.2) is 0 Å². The second-order valence-corrected chi connectivity index (χ2v) is 7.21. The minimum Gasteiger partial charge on any atom is -0.329 e. The van der Waals surface area contributed by atoms with E-state index in [-0.39, 0.29) is 0 Å². The van der Waals surface area contributed by atoms with Crippen LogP contribution in [-0.4, -0.2) is 24.0 Å². The zero-order valence-corrected chi connectivity index (χ0v) is 13.7. The number of benzene rings is 1. The molecule has 3 rings (SSSR count). The molecule has 2 nitrogen and oxygen atoms in total. The fraction of sp³-hybridized carbons (Fsp3) is 0.647. The van der Waals surface area contributed by atoms with E-state index in [0.717, 1.165) is 23.0 Å². The number of halogens is 1. The Hall–Kier alpha value is -0.380. The first kappa shape index (κ1) is 14.6. The number of likely N-dealkylation sites (tertiary alicyclic amines) is 1. The molecule has 1 aromatic carbocycles. The van der Waals surface area contributed by atoms with Gasteiger partial charge in [0.05, 0.1) is 0 Å². The molecule has 1 heterocycles. The van der Waals surface area contributed by atoms with Crippen LogP contribution in [0.25, 0.3) is 0 Å². The third-order valence-corrected chi connectivity index (χ3v) is 5.64. The van der Waals surface area contributed by atoms with Gasteiger partial charge < -0.3 is 5.73 Å². The molecule has 3 atom stereocenters. The number of nitrogens with two attached hydrogens (primary N) is 1. The third kappa shape index (κ3) is 2.95. The standard InChI is InChI=1S/C17H25BrN2/c18-15-8-3-6-14(11-15)17(12-19)20-10-4-7-13-5-1-2-9-16(13)20/h3,6,8,11,13,16-17H,1-2,4-5,7,9-10,12,19H2/t13-,16-,17?/m1/s1. The van der Waals surface area contributed by atoms with Gasteiger partial charge in [0.2, 0.25) is 0 Å². The van der Waals surface area contributed by atoms with Gasteiger partial charge in [0.25, 0.3) is 0 Å². The topological polar surface area (TPSA) is 29.3 Å². The Bertz CT molecular complexity index is 446. The van der Waals surface area contributed by atoms with Crippen LogP contribution >= 0.6 is 15.9 Å². The van der Waals surface area contributed by atoms with Crippen LogP contribution in [0.5, 0.6) is 0 Å². The number of nitrogens with zero attached hydrogens (tertiary/aromatic N) is 1. The van der Waals surface area contributed by atoms with Gasteiger partial charge in [0.1, 0.15) is 0 Å². The van der Waals surface area contributed by atoms with Crippen LogP contribution in [0.2, 0.25) is 0 Å². The van der Waals surface area contributed by atoms with Crippen molar-refractivity contribution in [2.75, 3.05) is 13.1 Å². The molecule has 2 aliphatic rings. The van der Waals surface area contributed by atoms with Gasteiger partial charge in [-0.05, 0) is 55.8 Å². The van der Waals surface area contributed by atoms with E-state index in [0.29, 0.717) is 6.04 Å². The predicted octanol–water partition coefficient (Wildman–Crippen LogP) is 4.10. The summed E-state index contributed by atoms with van der Waals surface area (Å²) in [7, 11) is 0. The molecule has 0 amide bonds. The van der Waals surface area contributed by atoms with Gasteiger partial charge in [-0.3, -0.25) is 4.90 Å². The average Bonchev–Trinajstić information content (AvgIpc) is 2.48. The van der Waals surface area contributed by atoms with Crippen molar-refractivity contribution in [1.29, 1.82) is 0 Å². The first-order valence-electron chi connectivity index (χ1n) is 8.01. The van der Waals surface area contributed by atoms with Gasteiger partial charge in [0.15, 0.2) is 0 Å². The van der Waals surface area contributed by atoms with Gasteiger partial charge in [-0.15, -0.1) is 0 Å². The van der Waals surface area contributed by atoms with E-state index in [1.165, 1.54) is 50.6 Å². The SMILES string of the molecule is NCC(c1cccc(Br)c1)N1CCC[C@H]2CCCC[C@H]21. The molecule has 0 spiro atoms. The average molecular weight is 337 g/mol. The van der Waals surface area contributed by atoms with Crippen molar-refractivity contribution in [3.8, 4) is 0 Å². The molecular formula is C17H25BrN2. The van der Waals surface area contributed by atoms with Crippen LogP contribution < -0.4 is 5.73 Å². The van der Waals surface area contributed by atoms with Crippen molar-refractivity contribution in [1.82, 2.24) is 4.90 Å². The molecule has 110 valence electrons. The second-order valence-electron chi connectivity index (χ2n) is 6.30. The summed E-state index contributed by atoms with van der Waals surface area (Å²) >= 11 is 3.59. The lowest BCUT2D eigenvalue weighted by atomic mass is 9.77. The molecule has 1 aliphatic heterocycles. The number of hydrogen-bond acceptors (Lipinski definition) is 2. The molecular weight excluding hydrogens is 312 g/mol. The van der Waals surface area contributed by atoms with Gasteiger partial charge in [-0.2, -0.15) is 0 Å². The van der Waals surface area contributed by atoms with E-state index < -0.39 is 0 Å². The van der Waals surface area contributed by atoms with E-state index in [4.69, 9.17) is 5.73 Å². The smallest absolute Gasteiger partial charge is 0.0473 e. The van der Waals surface area contributed by atoms with E-state index in [2.05, 4.69) is 45.1 Å². The Kier molecular flexibility index (Phi) is 4.79. The van der Waals surface area contributed by atoms with Crippen molar-refractivity contribution in [3.63, 3.8) is 0 Å². The van der Waals surface area contributed by atoms with E-state index in [1.54, 1.807) is 0 Å². The molecule has 2 N–H and O–H groups in total. The molecule has 2 fully saturated rings. The summed E-state index contributed by atoms with van der Waals surface area (Å²) in [4.78, 5) is 2.72. The van der Waals surface area contributed by atoms with Crippen molar-refractivity contribution in [3.05, 3.63) is 34.3 Å². The number of rotatable bonds is 3.